The van der Waals surface area contributed by atoms with Gasteiger partial charge in [-0.05, 0) is 19.9 Å². The van der Waals surface area contributed by atoms with Crippen LogP contribution >= 0.6 is 11.3 Å². The van der Waals surface area contributed by atoms with Crippen LogP contribution in [-0.2, 0) is 17.9 Å². The highest BCUT2D eigenvalue weighted by atomic mass is 32.1. The molecule has 1 N–H and O–H groups in total. The van der Waals surface area contributed by atoms with Crippen LogP contribution < -0.4 is 5.32 Å². The van der Waals surface area contributed by atoms with Crippen molar-refractivity contribution >= 4 is 28.1 Å². The molecule has 0 bridgehead atoms. The molecule has 3 rings (SSSR count). The molecule has 0 radical (unpaired) electrons. The Bertz CT molecular complexity index is 916. The van der Waals surface area contributed by atoms with Gasteiger partial charge in [-0.15, -0.1) is 11.3 Å². The molecule has 0 aliphatic rings. The molecule has 0 saturated carbocycles. The fraction of sp³-hybridized carbons (Fsp3) is 0.235. The minimum atomic E-state index is -0.0935. The molecule has 0 saturated heterocycles. The van der Waals surface area contributed by atoms with Gasteiger partial charge in [0.1, 0.15) is 12.6 Å². The van der Waals surface area contributed by atoms with Crippen molar-refractivity contribution in [2.45, 2.75) is 26.9 Å². The summed E-state index contributed by atoms with van der Waals surface area (Å²) >= 11 is 1.57. The van der Waals surface area contributed by atoms with Gasteiger partial charge in [0, 0.05) is 16.5 Å². The van der Waals surface area contributed by atoms with Crippen LogP contribution in [0.5, 0.6) is 0 Å². The molecule has 0 atom stereocenters. The van der Waals surface area contributed by atoms with Crippen molar-refractivity contribution in [2.24, 2.45) is 0 Å². The number of thiazole rings is 1. The number of nitrogens with zero attached hydrogens (tertiary/aromatic N) is 3. The lowest BCUT2D eigenvalue weighted by Crippen LogP contribution is -2.27. The summed E-state index contributed by atoms with van der Waals surface area (Å²) in [5.41, 5.74) is 3.21. The van der Waals surface area contributed by atoms with Crippen molar-refractivity contribution in [2.75, 3.05) is 0 Å². The average molecular weight is 324 g/mol. The molecular weight excluding hydrogens is 308 g/mol. The Labute approximate surface area is 138 Å². The van der Waals surface area contributed by atoms with Crippen molar-refractivity contribution in [3.63, 3.8) is 0 Å². The monoisotopic (exact) mass is 324 g/mol. The van der Waals surface area contributed by atoms with E-state index < -0.39 is 0 Å². The molecule has 3 aromatic rings. The summed E-state index contributed by atoms with van der Waals surface area (Å²) in [5, 5.41) is 16.0. The number of rotatable bonds is 4. The van der Waals surface area contributed by atoms with Crippen LogP contribution in [0.3, 0.4) is 0 Å². The fourth-order valence-corrected chi connectivity index (χ4v) is 3.27. The fourth-order valence-electron chi connectivity index (χ4n) is 2.65. The predicted molar refractivity (Wildman–Crippen MR) is 90.1 cm³/mol. The van der Waals surface area contributed by atoms with E-state index >= 15 is 0 Å². The number of hydrogen-bond donors (Lipinski definition) is 1. The number of hydrogen-bond acceptors (Lipinski definition) is 4. The number of nitrogens with one attached hydrogen (secondary N) is 1. The van der Waals surface area contributed by atoms with Gasteiger partial charge < -0.3 is 9.88 Å². The molecule has 2 aromatic heterocycles. The van der Waals surface area contributed by atoms with E-state index in [4.69, 9.17) is 0 Å². The highest BCUT2D eigenvalue weighted by Crippen LogP contribution is 2.24. The second-order valence-corrected chi connectivity index (χ2v) is 6.37. The first-order valence-corrected chi connectivity index (χ1v) is 8.13. The molecule has 0 fully saturated rings. The molecule has 23 heavy (non-hydrogen) atoms. The zero-order chi connectivity index (χ0) is 16.4. The summed E-state index contributed by atoms with van der Waals surface area (Å²) in [6.45, 7) is 4.42. The third kappa shape index (κ3) is 2.96. The van der Waals surface area contributed by atoms with E-state index in [1.807, 2.05) is 48.1 Å². The van der Waals surface area contributed by atoms with Gasteiger partial charge in [-0.1, -0.05) is 18.2 Å². The molecule has 0 unspecified atom stereocenters. The Morgan fingerprint density at radius 2 is 2.17 bits per heavy atom. The Kier molecular flexibility index (Phi) is 4.13. The number of aromatic nitrogens is 2. The minimum absolute atomic E-state index is 0.0935. The van der Waals surface area contributed by atoms with Crippen LogP contribution in [0.4, 0.5) is 0 Å². The lowest BCUT2D eigenvalue weighted by atomic mass is 10.1. The van der Waals surface area contributed by atoms with Crippen molar-refractivity contribution in [1.29, 1.82) is 5.26 Å². The first-order chi connectivity index (χ1) is 11.1. The molecule has 1 aromatic carbocycles. The van der Waals surface area contributed by atoms with Crippen molar-refractivity contribution in [3.05, 3.63) is 51.6 Å². The van der Waals surface area contributed by atoms with E-state index in [-0.39, 0.29) is 12.5 Å². The third-order valence-corrected chi connectivity index (χ3v) is 4.60. The molecule has 0 spiro atoms. The normalized spacial score (nSPS) is 10.7. The number of para-hydroxylation sites is 1. The van der Waals surface area contributed by atoms with E-state index in [9.17, 15) is 10.1 Å². The highest BCUT2D eigenvalue weighted by Gasteiger charge is 2.15. The van der Waals surface area contributed by atoms with Gasteiger partial charge in [-0.25, -0.2) is 4.98 Å². The number of nitriles is 1. The van der Waals surface area contributed by atoms with Crippen molar-refractivity contribution in [1.82, 2.24) is 14.9 Å². The molecule has 0 aliphatic heterocycles. The highest BCUT2D eigenvalue weighted by molar-refractivity contribution is 7.09. The van der Waals surface area contributed by atoms with Gasteiger partial charge in [0.2, 0.25) is 5.91 Å². The smallest absolute Gasteiger partial charge is 0.240 e. The average Bonchev–Trinajstić information content (AvgIpc) is 3.07. The number of carbonyl (C=O) groups is 1. The molecule has 116 valence electrons. The van der Waals surface area contributed by atoms with Crippen LogP contribution in [-0.4, -0.2) is 15.5 Å². The van der Waals surface area contributed by atoms with Gasteiger partial charge in [-0.2, -0.15) is 5.26 Å². The standard InChI is InChI=1S/C17H16N4OS/c1-11-15(7-18)14-5-3-4-6-16(14)21(11)9-17(22)19-8-13-10-23-12(2)20-13/h3-6,10H,8-9H2,1-2H3,(H,19,22). The van der Waals surface area contributed by atoms with Crippen LogP contribution in [0.2, 0.25) is 0 Å². The van der Waals surface area contributed by atoms with Gasteiger partial charge in [-0.3, -0.25) is 4.79 Å². The number of benzene rings is 1. The largest absolute Gasteiger partial charge is 0.349 e. The van der Waals surface area contributed by atoms with E-state index in [2.05, 4.69) is 16.4 Å². The minimum Gasteiger partial charge on any atom is -0.349 e. The molecule has 0 aliphatic carbocycles. The van der Waals surface area contributed by atoms with E-state index in [0.717, 1.165) is 27.3 Å². The number of aryl methyl sites for hydroxylation is 1. The first kappa shape index (κ1) is 15.3. The van der Waals surface area contributed by atoms with E-state index in [1.54, 1.807) is 11.3 Å². The maximum Gasteiger partial charge on any atom is 0.240 e. The van der Waals surface area contributed by atoms with Gasteiger partial charge >= 0.3 is 0 Å². The predicted octanol–water partition coefficient (Wildman–Crippen LogP) is 2.90. The number of amides is 1. The van der Waals surface area contributed by atoms with Gasteiger partial charge in [0.25, 0.3) is 0 Å². The van der Waals surface area contributed by atoms with E-state index in [1.165, 1.54) is 0 Å². The van der Waals surface area contributed by atoms with Crippen LogP contribution in [0, 0.1) is 25.2 Å². The zero-order valence-corrected chi connectivity index (χ0v) is 13.8. The SMILES string of the molecule is Cc1nc(CNC(=O)Cn2c(C)c(C#N)c3ccccc32)cs1. The van der Waals surface area contributed by atoms with Gasteiger partial charge in [0.05, 0.1) is 28.3 Å². The summed E-state index contributed by atoms with van der Waals surface area (Å²) in [6.07, 6.45) is 0. The third-order valence-electron chi connectivity index (χ3n) is 3.78. The maximum atomic E-state index is 12.2. The first-order valence-electron chi connectivity index (χ1n) is 7.25. The summed E-state index contributed by atoms with van der Waals surface area (Å²) in [6, 6.07) is 9.88. The molecule has 2 heterocycles. The molecular formula is C17H16N4OS. The van der Waals surface area contributed by atoms with Gasteiger partial charge in [0.15, 0.2) is 0 Å². The Balaban J connectivity index is 1.80. The summed E-state index contributed by atoms with van der Waals surface area (Å²) < 4.78 is 1.88. The molecule has 5 nitrogen and oxygen atoms in total. The molecule has 1 amide bonds. The summed E-state index contributed by atoms with van der Waals surface area (Å²) in [7, 11) is 0. The Hall–Kier alpha value is -2.65. The summed E-state index contributed by atoms with van der Waals surface area (Å²) in [4.78, 5) is 16.6. The zero-order valence-electron chi connectivity index (χ0n) is 13.0. The molecule has 6 heteroatoms. The lowest BCUT2D eigenvalue weighted by molar-refractivity contribution is -0.121. The summed E-state index contributed by atoms with van der Waals surface area (Å²) in [5.74, 6) is -0.0935. The maximum absolute atomic E-state index is 12.2. The topological polar surface area (TPSA) is 70.7 Å². The lowest BCUT2D eigenvalue weighted by Gasteiger charge is -2.08. The second kappa shape index (κ2) is 6.23. The van der Waals surface area contributed by atoms with Crippen LogP contribution in [0.15, 0.2) is 29.6 Å². The second-order valence-electron chi connectivity index (χ2n) is 5.31. The van der Waals surface area contributed by atoms with E-state index in [0.29, 0.717) is 12.1 Å². The Morgan fingerprint density at radius 1 is 1.39 bits per heavy atom. The van der Waals surface area contributed by atoms with Crippen molar-refractivity contribution < 1.29 is 4.79 Å². The quantitative estimate of drug-likeness (QED) is 0.802. The number of fused-ring (bicyclic) bond motifs is 1. The van der Waals surface area contributed by atoms with Crippen molar-refractivity contribution in [3.8, 4) is 6.07 Å². The Morgan fingerprint density at radius 3 is 2.87 bits per heavy atom. The van der Waals surface area contributed by atoms with Crippen LogP contribution in [0.25, 0.3) is 10.9 Å². The number of carbonyl (C=O) groups excluding carboxylic acids is 1. The van der Waals surface area contributed by atoms with Crippen LogP contribution in [0.1, 0.15) is 22.0 Å².